The largest absolute Gasteiger partial charge is 0.382 e. The third-order valence-electron chi connectivity index (χ3n) is 1.83. The zero-order chi connectivity index (χ0) is 12.3. The van der Waals surface area contributed by atoms with Crippen molar-refractivity contribution in [2.45, 2.75) is 0 Å². The van der Waals surface area contributed by atoms with Crippen LogP contribution in [-0.4, -0.2) is 26.1 Å². The molecule has 0 saturated carbocycles. The highest BCUT2D eigenvalue weighted by molar-refractivity contribution is 6.02. The normalized spacial score (nSPS) is 9.88. The van der Waals surface area contributed by atoms with E-state index in [9.17, 15) is 9.59 Å². The van der Waals surface area contributed by atoms with Crippen molar-refractivity contribution in [3.63, 3.8) is 0 Å². The summed E-state index contributed by atoms with van der Waals surface area (Å²) in [6, 6.07) is 2.62. The van der Waals surface area contributed by atoms with Gasteiger partial charge in [-0.2, -0.15) is 5.10 Å². The summed E-state index contributed by atoms with van der Waals surface area (Å²) in [6.45, 7) is 0. The molecule has 4 N–H and O–H groups in total. The number of carbonyl (C=O) groups excluding carboxylic acids is 1. The molecule has 0 aliphatic rings. The zero-order valence-corrected chi connectivity index (χ0v) is 8.54. The Hall–Kier alpha value is -2.77. The Morgan fingerprint density at radius 1 is 1.29 bits per heavy atom. The van der Waals surface area contributed by atoms with Crippen LogP contribution in [-0.2, 0) is 0 Å². The Kier molecular flexibility index (Phi) is 2.77. The second-order valence-electron chi connectivity index (χ2n) is 3.09. The van der Waals surface area contributed by atoms with Crippen LogP contribution in [0.25, 0.3) is 0 Å². The van der Waals surface area contributed by atoms with Gasteiger partial charge >= 0.3 is 0 Å². The topological polar surface area (TPSA) is 127 Å². The van der Waals surface area contributed by atoms with Crippen molar-refractivity contribution in [3.05, 3.63) is 40.6 Å². The van der Waals surface area contributed by atoms with Gasteiger partial charge in [0, 0.05) is 6.07 Å². The molecule has 2 aromatic heterocycles. The molecule has 2 rings (SSSR count). The lowest BCUT2D eigenvalue weighted by Crippen LogP contribution is -2.17. The number of hydrogen-bond donors (Lipinski definition) is 3. The fourth-order valence-corrected chi connectivity index (χ4v) is 1.05. The molecule has 0 aliphatic carbocycles. The number of H-pyrrole nitrogens is 1. The molecule has 0 aliphatic heterocycles. The van der Waals surface area contributed by atoms with Gasteiger partial charge in [-0.05, 0) is 6.07 Å². The van der Waals surface area contributed by atoms with Crippen LogP contribution in [0, 0.1) is 0 Å². The Morgan fingerprint density at radius 2 is 2.12 bits per heavy atom. The van der Waals surface area contributed by atoms with Crippen molar-refractivity contribution < 1.29 is 4.79 Å². The van der Waals surface area contributed by atoms with Gasteiger partial charge in [0.1, 0.15) is 11.5 Å². The molecular formula is C9H8N6O2. The van der Waals surface area contributed by atoms with E-state index in [1.807, 2.05) is 0 Å². The number of anilines is 2. The number of nitrogens with zero attached hydrogens (tertiary/aromatic N) is 3. The highest BCUT2D eigenvalue weighted by Crippen LogP contribution is 2.01. The predicted molar refractivity (Wildman–Crippen MR) is 59.3 cm³/mol. The number of nitrogens with two attached hydrogens (primary N) is 1. The van der Waals surface area contributed by atoms with Crippen molar-refractivity contribution in [3.8, 4) is 0 Å². The van der Waals surface area contributed by atoms with Crippen molar-refractivity contribution >= 4 is 17.5 Å². The Morgan fingerprint density at radius 3 is 2.71 bits per heavy atom. The van der Waals surface area contributed by atoms with Crippen LogP contribution < -0.4 is 16.6 Å². The minimum atomic E-state index is -0.489. The van der Waals surface area contributed by atoms with Gasteiger partial charge in [-0.1, -0.05) is 0 Å². The highest BCUT2D eigenvalue weighted by atomic mass is 16.2. The molecule has 8 nitrogen and oxygen atoms in total. The number of nitrogens with one attached hydrogen (secondary N) is 2. The first-order valence-electron chi connectivity index (χ1n) is 4.60. The molecular weight excluding hydrogens is 224 g/mol. The van der Waals surface area contributed by atoms with Crippen LogP contribution >= 0.6 is 0 Å². The van der Waals surface area contributed by atoms with Crippen LogP contribution in [0.5, 0.6) is 0 Å². The van der Waals surface area contributed by atoms with Gasteiger partial charge in [-0.3, -0.25) is 9.59 Å². The van der Waals surface area contributed by atoms with Crippen LogP contribution in [0.15, 0.2) is 29.3 Å². The monoisotopic (exact) mass is 232 g/mol. The lowest BCUT2D eigenvalue weighted by atomic mass is 10.4. The molecule has 0 fully saturated rings. The van der Waals surface area contributed by atoms with E-state index in [-0.39, 0.29) is 22.9 Å². The number of hydrogen-bond acceptors (Lipinski definition) is 6. The van der Waals surface area contributed by atoms with Gasteiger partial charge in [0.25, 0.3) is 11.5 Å². The summed E-state index contributed by atoms with van der Waals surface area (Å²) >= 11 is 0. The third-order valence-corrected chi connectivity index (χ3v) is 1.83. The van der Waals surface area contributed by atoms with Crippen LogP contribution in [0.3, 0.4) is 0 Å². The second kappa shape index (κ2) is 4.39. The molecule has 1 amide bonds. The molecule has 0 spiro atoms. The molecule has 86 valence electrons. The maximum Gasteiger partial charge on any atom is 0.277 e. The minimum absolute atomic E-state index is 0.104. The number of carbonyl (C=O) groups is 1. The number of rotatable bonds is 2. The van der Waals surface area contributed by atoms with Crippen molar-refractivity contribution in [2.24, 2.45) is 0 Å². The molecule has 0 bridgehead atoms. The first-order chi connectivity index (χ1) is 8.15. The Labute approximate surface area is 94.9 Å². The summed E-state index contributed by atoms with van der Waals surface area (Å²) < 4.78 is 0. The first kappa shape index (κ1) is 10.7. The van der Waals surface area contributed by atoms with E-state index in [4.69, 9.17) is 5.73 Å². The molecule has 0 unspecified atom stereocenters. The van der Waals surface area contributed by atoms with E-state index in [2.05, 4.69) is 25.5 Å². The molecule has 2 aromatic rings. The highest BCUT2D eigenvalue weighted by Gasteiger charge is 2.08. The van der Waals surface area contributed by atoms with Gasteiger partial charge in [0.15, 0.2) is 5.82 Å². The lowest BCUT2D eigenvalue weighted by molar-refractivity contribution is 0.102. The number of amides is 1. The maximum atomic E-state index is 11.6. The summed E-state index contributed by atoms with van der Waals surface area (Å²) in [7, 11) is 0. The molecule has 2 heterocycles. The van der Waals surface area contributed by atoms with E-state index in [1.54, 1.807) is 0 Å². The summed E-state index contributed by atoms with van der Waals surface area (Å²) in [4.78, 5) is 29.9. The quantitative estimate of drug-likeness (QED) is 0.634. The van der Waals surface area contributed by atoms with E-state index < -0.39 is 5.91 Å². The van der Waals surface area contributed by atoms with Gasteiger partial charge in [-0.25, -0.2) is 15.1 Å². The Bertz CT molecular complexity index is 571. The van der Waals surface area contributed by atoms with Crippen LogP contribution in [0.4, 0.5) is 11.6 Å². The summed E-state index contributed by atoms with van der Waals surface area (Å²) in [5.41, 5.74) is 5.09. The number of aromatic amines is 1. The minimum Gasteiger partial charge on any atom is -0.382 e. The fraction of sp³-hybridized carbons (Fsp3) is 0. The van der Waals surface area contributed by atoms with Gasteiger partial charge in [-0.15, -0.1) is 0 Å². The zero-order valence-electron chi connectivity index (χ0n) is 8.54. The lowest BCUT2D eigenvalue weighted by Gasteiger charge is -2.02. The molecule has 0 atom stereocenters. The average Bonchev–Trinajstić information content (AvgIpc) is 2.33. The van der Waals surface area contributed by atoms with Gasteiger partial charge in [0.2, 0.25) is 0 Å². The van der Waals surface area contributed by atoms with Crippen LogP contribution in [0.2, 0.25) is 0 Å². The SMILES string of the molecule is Nc1cnc(C(=O)Nc2ccc(=O)[nH]n2)cn1. The second-order valence-corrected chi connectivity index (χ2v) is 3.09. The van der Waals surface area contributed by atoms with Crippen molar-refractivity contribution in [2.75, 3.05) is 11.1 Å². The number of nitrogen functional groups attached to an aromatic ring is 1. The summed E-state index contributed by atoms with van der Waals surface area (Å²) in [5, 5.41) is 8.25. The third kappa shape index (κ3) is 2.62. The van der Waals surface area contributed by atoms with Gasteiger partial charge < -0.3 is 11.1 Å². The fourth-order valence-electron chi connectivity index (χ4n) is 1.05. The van der Waals surface area contributed by atoms with Crippen molar-refractivity contribution in [1.29, 1.82) is 0 Å². The average molecular weight is 232 g/mol. The molecule has 8 heteroatoms. The maximum absolute atomic E-state index is 11.6. The summed E-state index contributed by atoms with van der Waals surface area (Å²) in [6.07, 6.45) is 2.52. The van der Waals surface area contributed by atoms with Gasteiger partial charge in [0.05, 0.1) is 12.4 Å². The molecule has 17 heavy (non-hydrogen) atoms. The van der Waals surface area contributed by atoms with Crippen molar-refractivity contribution in [1.82, 2.24) is 20.2 Å². The molecule has 0 radical (unpaired) electrons. The smallest absolute Gasteiger partial charge is 0.277 e. The van der Waals surface area contributed by atoms with E-state index in [1.165, 1.54) is 24.5 Å². The van der Waals surface area contributed by atoms with E-state index >= 15 is 0 Å². The molecule has 0 aromatic carbocycles. The van der Waals surface area contributed by atoms with E-state index in [0.717, 1.165) is 0 Å². The predicted octanol–water partition coefficient (Wildman–Crippen LogP) is -0.606. The summed E-state index contributed by atoms with van der Waals surface area (Å²) in [5.74, 6) is -0.0472. The standard InChI is InChI=1S/C9H8N6O2/c10-6-4-11-5(3-12-6)9(17)13-7-1-2-8(16)15-14-7/h1-4H,(H2,10,12)(H,15,16)(H,13,14,17). The molecule has 0 saturated heterocycles. The van der Waals surface area contributed by atoms with Crippen LogP contribution in [0.1, 0.15) is 10.5 Å². The number of aromatic nitrogens is 4. The first-order valence-corrected chi connectivity index (χ1v) is 4.60. The Balaban J connectivity index is 2.14. The van der Waals surface area contributed by atoms with E-state index in [0.29, 0.717) is 0 Å².